The van der Waals surface area contributed by atoms with Crippen molar-refractivity contribution in [3.05, 3.63) is 51.8 Å². The highest BCUT2D eigenvalue weighted by Gasteiger charge is 2.29. The summed E-state index contributed by atoms with van der Waals surface area (Å²) >= 11 is 0. The second kappa shape index (κ2) is 4.08. The largest absolute Gasteiger partial charge is 0.434 e. The first kappa shape index (κ1) is 11.4. The molecule has 0 fully saturated rings. The maximum atomic E-state index is 12.3. The Labute approximate surface area is 93.1 Å². The topological polar surface area (TPSA) is 58.9 Å². The van der Waals surface area contributed by atoms with Gasteiger partial charge in [-0.05, 0) is 17.7 Å². The number of hydrogen-bond donors (Lipinski definition) is 1. The van der Waals surface area contributed by atoms with Gasteiger partial charge in [0.1, 0.15) is 0 Å². The Morgan fingerprint density at radius 2 is 1.88 bits per heavy atom. The average molecular weight is 244 g/mol. The Kier molecular flexibility index (Phi) is 2.74. The SMILES string of the molecule is O=c1[nH]nc(Cc2ccc(C(F)(F)F)cc2)o1. The van der Waals surface area contributed by atoms with Crippen LogP contribution in [0, 0.1) is 0 Å². The van der Waals surface area contributed by atoms with E-state index in [9.17, 15) is 18.0 Å². The number of hydrogen-bond acceptors (Lipinski definition) is 3. The lowest BCUT2D eigenvalue weighted by atomic mass is 10.1. The first-order chi connectivity index (χ1) is 7.95. The van der Waals surface area contributed by atoms with Gasteiger partial charge in [0.15, 0.2) is 0 Å². The molecule has 4 nitrogen and oxygen atoms in total. The third-order valence-electron chi connectivity index (χ3n) is 2.12. The second-order valence-electron chi connectivity index (χ2n) is 3.38. The van der Waals surface area contributed by atoms with Gasteiger partial charge in [-0.3, -0.25) is 0 Å². The predicted octanol–water partition coefficient (Wildman–Crippen LogP) is 1.97. The van der Waals surface area contributed by atoms with Crippen molar-refractivity contribution in [3.8, 4) is 0 Å². The molecule has 0 radical (unpaired) electrons. The molecule has 90 valence electrons. The van der Waals surface area contributed by atoms with Gasteiger partial charge in [-0.2, -0.15) is 13.2 Å². The smallest absolute Gasteiger partial charge is 0.392 e. The molecule has 1 aromatic carbocycles. The third kappa shape index (κ3) is 2.74. The summed E-state index contributed by atoms with van der Waals surface area (Å²) < 4.78 is 41.5. The van der Waals surface area contributed by atoms with Crippen molar-refractivity contribution < 1.29 is 17.6 Å². The van der Waals surface area contributed by atoms with Crippen LogP contribution in [0.3, 0.4) is 0 Å². The van der Waals surface area contributed by atoms with Gasteiger partial charge in [0, 0.05) is 0 Å². The van der Waals surface area contributed by atoms with Crippen LogP contribution in [0.4, 0.5) is 13.2 Å². The molecular formula is C10H7F3N2O2. The van der Waals surface area contributed by atoms with E-state index in [1.165, 1.54) is 12.1 Å². The number of aromatic nitrogens is 2. The minimum atomic E-state index is -4.35. The average Bonchev–Trinajstić information content (AvgIpc) is 2.63. The van der Waals surface area contributed by atoms with Gasteiger partial charge in [-0.25, -0.2) is 9.89 Å². The number of aromatic amines is 1. The monoisotopic (exact) mass is 244 g/mol. The number of nitrogens with zero attached hydrogens (tertiary/aromatic N) is 1. The molecule has 2 rings (SSSR count). The summed E-state index contributed by atoms with van der Waals surface area (Å²) in [7, 11) is 0. The molecular weight excluding hydrogens is 237 g/mol. The Morgan fingerprint density at radius 3 is 2.35 bits per heavy atom. The molecule has 0 aliphatic carbocycles. The first-order valence-corrected chi connectivity index (χ1v) is 4.66. The number of nitrogens with one attached hydrogen (secondary N) is 1. The van der Waals surface area contributed by atoms with Gasteiger partial charge in [0.05, 0.1) is 12.0 Å². The third-order valence-corrected chi connectivity index (χ3v) is 2.12. The lowest BCUT2D eigenvalue weighted by molar-refractivity contribution is -0.137. The van der Waals surface area contributed by atoms with Crippen LogP contribution in [0.5, 0.6) is 0 Å². The van der Waals surface area contributed by atoms with E-state index in [1.54, 1.807) is 0 Å². The fourth-order valence-corrected chi connectivity index (χ4v) is 1.32. The maximum absolute atomic E-state index is 12.3. The van der Waals surface area contributed by atoms with E-state index >= 15 is 0 Å². The van der Waals surface area contributed by atoms with Gasteiger partial charge in [0.2, 0.25) is 5.89 Å². The number of halogens is 3. The van der Waals surface area contributed by atoms with Crippen LogP contribution < -0.4 is 5.76 Å². The van der Waals surface area contributed by atoms with Crippen molar-refractivity contribution in [2.45, 2.75) is 12.6 Å². The van der Waals surface area contributed by atoms with Crippen LogP contribution in [-0.2, 0) is 12.6 Å². The summed E-state index contributed by atoms with van der Waals surface area (Å²) in [5.41, 5.74) is -0.141. The molecule has 7 heteroatoms. The maximum Gasteiger partial charge on any atom is 0.434 e. The van der Waals surface area contributed by atoms with Crippen LogP contribution in [0.25, 0.3) is 0 Å². The highest BCUT2D eigenvalue weighted by atomic mass is 19.4. The molecule has 0 amide bonds. The summed E-state index contributed by atoms with van der Waals surface area (Å²) in [4.78, 5) is 10.6. The Balaban J connectivity index is 2.16. The zero-order chi connectivity index (χ0) is 12.5. The molecule has 1 N–H and O–H groups in total. The van der Waals surface area contributed by atoms with Gasteiger partial charge < -0.3 is 4.42 Å². The molecule has 0 atom stereocenters. The van der Waals surface area contributed by atoms with Gasteiger partial charge in [0.25, 0.3) is 0 Å². The zero-order valence-corrected chi connectivity index (χ0v) is 8.41. The van der Waals surface area contributed by atoms with Gasteiger partial charge >= 0.3 is 11.9 Å². The molecule has 0 saturated carbocycles. The van der Waals surface area contributed by atoms with E-state index in [1.807, 2.05) is 0 Å². The molecule has 0 spiro atoms. The highest BCUT2D eigenvalue weighted by molar-refractivity contribution is 5.26. The van der Waals surface area contributed by atoms with E-state index in [-0.39, 0.29) is 12.3 Å². The number of benzene rings is 1. The molecule has 0 unspecified atom stereocenters. The Hall–Kier alpha value is -2.05. The molecule has 0 aliphatic rings. The molecule has 17 heavy (non-hydrogen) atoms. The van der Waals surface area contributed by atoms with E-state index in [2.05, 4.69) is 14.6 Å². The minimum Gasteiger partial charge on any atom is -0.392 e. The number of H-pyrrole nitrogens is 1. The summed E-state index contributed by atoms with van der Waals surface area (Å²) in [5.74, 6) is -0.554. The molecule has 0 bridgehead atoms. The fraction of sp³-hybridized carbons (Fsp3) is 0.200. The van der Waals surface area contributed by atoms with Crippen molar-refractivity contribution in [2.75, 3.05) is 0 Å². The predicted molar refractivity (Wildman–Crippen MR) is 51.4 cm³/mol. The quantitative estimate of drug-likeness (QED) is 0.878. The van der Waals surface area contributed by atoms with Gasteiger partial charge in [-0.15, -0.1) is 5.10 Å². The summed E-state index contributed by atoms with van der Waals surface area (Å²) in [6.45, 7) is 0. The lowest BCUT2D eigenvalue weighted by Gasteiger charge is -2.06. The van der Waals surface area contributed by atoms with Crippen LogP contribution >= 0.6 is 0 Å². The molecule has 1 heterocycles. The van der Waals surface area contributed by atoms with Crippen molar-refractivity contribution in [2.24, 2.45) is 0 Å². The van der Waals surface area contributed by atoms with Crippen molar-refractivity contribution in [3.63, 3.8) is 0 Å². The molecule has 1 aromatic heterocycles. The fourth-order valence-electron chi connectivity index (χ4n) is 1.32. The van der Waals surface area contributed by atoms with E-state index in [4.69, 9.17) is 0 Å². The van der Waals surface area contributed by atoms with E-state index < -0.39 is 17.5 Å². The normalized spacial score (nSPS) is 11.7. The first-order valence-electron chi connectivity index (χ1n) is 4.66. The van der Waals surface area contributed by atoms with E-state index in [0.717, 1.165) is 12.1 Å². The van der Waals surface area contributed by atoms with Crippen LogP contribution in [0.1, 0.15) is 17.0 Å². The van der Waals surface area contributed by atoms with E-state index in [0.29, 0.717) is 5.56 Å². The number of rotatable bonds is 2. The highest BCUT2D eigenvalue weighted by Crippen LogP contribution is 2.29. The standard InChI is InChI=1S/C10H7F3N2O2/c11-10(12,13)7-3-1-6(2-4-7)5-8-14-15-9(16)17-8/h1-4H,5H2,(H,15,16). The summed E-state index contributed by atoms with van der Waals surface area (Å²) in [5, 5.41) is 5.63. The van der Waals surface area contributed by atoms with Gasteiger partial charge in [-0.1, -0.05) is 12.1 Å². The number of alkyl halides is 3. The van der Waals surface area contributed by atoms with Crippen molar-refractivity contribution in [1.29, 1.82) is 0 Å². The van der Waals surface area contributed by atoms with Crippen molar-refractivity contribution in [1.82, 2.24) is 10.2 Å². The summed E-state index contributed by atoms with van der Waals surface area (Å²) in [6, 6.07) is 4.58. The second-order valence-corrected chi connectivity index (χ2v) is 3.38. The molecule has 0 saturated heterocycles. The minimum absolute atomic E-state index is 0.134. The summed E-state index contributed by atoms with van der Waals surface area (Å²) in [6.07, 6.45) is -4.19. The molecule has 2 aromatic rings. The van der Waals surface area contributed by atoms with Crippen molar-refractivity contribution >= 4 is 0 Å². The van der Waals surface area contributed by atoms with Crippen LogP contribution in [0.15, 0.2) is 33.5 Å². The Morgan fingerprint density at radius 1 is 1.24 bits per heavy atom. The Bertz CT molecular complexity index is 554. The molecule has 0 aliphatic heterocycles. The zero-order valence-electron chi connectivity index (χ0n) is 8.41. The lowest BCUT2D eigenvalue weighted by Crippen LogP contribution is -2.04. The van der Waals surface area contributed by atoms with Crippen LogP contribution in [0.2, 0.25) is 0 Å². The van der Waals surface area contributed by atoms with Crippen LogP contribution in [-0.4, -0.2) is 10.2 Å².